The molecule has 0 unspecified atom stereocenters. The molecule has 0 radical (unpaired) electrons. The van der Waals surface area contributed by atoms with Crippen molar-refractivity contribution < 1.29 is 176 Å². The molecule has 0 aliphatic carbocycles. The summed E-state index contributed by atoms with van der Waals surface area (Å²) in [5.41, 5.74) is 0. The molecule has 1 heterocycles. The second-order valence-corrected chi connectivity index (χ2v) is 6.38. The van der Waals surface area contributed by atoms with E-state index in [4.69, 9.17) is 19.6 Å². The van der Waals surface area contributed by atoms with Crippen LogP contribution in [-0.2, 0) is 22.9 Å². The molecule has 0 spiro atoms. The predicted octanol–water partition coefficient (Wildman–Crippen LogP) is -16.9. The summed E-state index contributed by atoms with van der Waals surface area (Å²) in [5.74, 6) is -3.09. The first-order valence-electron chi connectivity index (χ1n) is 4.94. The first kappa shape index (κ1) is 35.5. The van der Waals surface area contributed by atoms with Gasteiger partial charge in [0.2, 0.25) is 0 Å². The summed E-state index contributed by atoms with van der Waals surface area (Å²) in [6, 6.07) is 0. The zero-order chi connectivity index (χ0) is 15.8. The fraction of sp³-hybridized carbons (Fsp3) is 1.00. The first-order valence-corrected chi connectivity index (χ1v) is 8.00. The maximum absolute atomic E-state index is 11.8. The second-order valence-electron chi connectivity index (χ2n) is 3.90. The molecule has 1 rings (SSSR count). The van der Waals surface area contributed by atoms with E-state index in [1.807, 2.05) is 0 Å². The number of ether oxygens (including phenoxy) is 1. The van der Waals surface area contributed by atoms with Gasteiger partial charge in [0.05, 0.1) is 19.3 Å². The fourth-order valence-corrected chi connectivity index (χ4v) is 2.11. The average molecular weight is 429 g/mol. The van der Waals surface area contributed by atoms with Gasteiger partial charge in [0.1, 0.15) is 0 Å². The van der Waals surface area contributed by atoms with Gasteiger partial charge in [0.15, 0.2) is 0 Å². The second kappa shape index (κ2) is 14.1. The van der Waals surface area contributed by atoms with E-state index in [1.54, 1.807) is 0 Å². The number of phosphoric acid groups is 2. The summed E-state index contributed by atoms with van der Waals surface area (Å²) in [6.07, 6.45) is -6.51. The van der Waals surface area contributed by atoms with Crippen LogP contribution in [0.2, 0.25) is 0 Å². The van der Waals surface area contributed by atoms with Gasteiger partial charge < -0.3 is 39.6 Å². The van der Waals surface area contributed by atoms with Gasteiger partial charge in [0.25, 0.3) is 0 Å². The van der Waals surface area contributed by atoms with Crippen LogP contribution in [0.3, 0.4) is 0 Å². The Morgan fingerprint density at radius 1 is 0.958 bits per heavy atom. The average Bonchev–Trinajstić information content (AvgIpc) is 2.48. The molecule has 0 saturated carbocycles. The predicted molar refractivity (Wildman–Crippen MR) is 51.2 cm³/mol. The van der Waals surface area contributed by atoms with Crippen molar-refractivity contribution in [2.45, 2.75) is 24.1 Å². The van der Waals surface area contributed by atoms with Crippen LogP contribution in [-0.4, -0.2) is 56.9 Å². The van der Waals surface area contributed by atoms with Gasteiger partial charge in [-0.3, -0.25) is 9.05 Å². The SMILES string of the molecule is O=P(O)(O)OC[C@H]1O[C@]([O-])(COP(=O)(O)O)[C@@H]([O-])[C@@H]1[O-].[Na+].[Na+].[Na+].[Na+]. The molecule has 18 heteroatoms. The van der Waals surface area contributed by atoms with E-state index in [1.165, 1.54) is 0 Å². The van der Waals surface area contributed by atoms with E-state index in [0.717, 1.165) is 0 Å². The minimum atomic E-state index is -5.05. The van der Waals surface area contributed by atoms with E-state index < -0.39 is 53.0 Å². The Balaban J connectivity index is -0.000000500. The van der Waals surface area contributed by atoms with Crippen LogP contribution in [0.25, 0.3) is 0 Å². The molecule has 0 aromatic heterocycles. The van der Waals surface area contributed by atoms with Crippen molar-refractivity contribution in [3.63, 3.8) is 0 Å². The molecule has 1 aliphatic heterocycles. The van der Waals surface area contributed by atoms with Crippen molar-refractivity contribution in [3.8, 4) is 0 Å². The zero-order valence-corrected chi connectivity index (χ0v) is 23.4. The molecule has 4 N–H and O–H groups in total. The van der Waals surface area contributed by atoms with Gasteiger partial charge in [-0.15, -0.1) is 12.2 Å². The smallest absolute Gasteiger partial charge is 0.852 e. The van der Waals surface area contributed by atoms with Crippen LogP contribution in [0.1, 0.15) is 0 Å². The zero-order valence-electron chi connectivity index (χ0n) is 13.6. The van der Waals surface area contributed by atoms with E-state index >= 15 is 0 Å². The van der Waals surface area contributed by atoms with Crippen LogP contribution < -0.4 is 134 Å². The molecule has 0 amide bonds. The minimum absolute atomic E-state index is 0. The quantitative estimate of drug-likeness (QED) is 0.229. The van der Waals surface area contributed by atoms with Crippen LogP contribution in [0.4, 0.5) is 0 Å². The summed E-state index contributed by atoms with van der Waals surface area (Å²) in [5, 5.41) is 34.6. The molecule has 0 aromatic rings. The third-order valence-corrected chi connectivity index (χ3v) is 3.24. The third kappa shape index (κ3) is 12.6. The molecule has 4 atom stereocenters. The van der Waals surface area contributed by atoms with Crippen molar-refractivity contribution >= 4 is 15.6 Å². The van der Waals surface area contributed by atoms with Gasteiger partial charge in [-0.05, 0) is 0 Å². The molecule has 0 bridgehead atoms. The van der Waals surface area contributed by atoms with Crippen molar-refractivity contribution in [2.75, 3.05) is 13.2 Å². The van der Waals surface area contributed by atoms with Crippen LogP contribution in [0.15, 0.2) is 0 Å². The summed E-state index contributed by atoms with van der Waals surface area (Å²) in [4.78, 5) is 33.6. The number of phosphoric ester groups is 2. The molecule has 0 aromatic carbocycles. The summed E-state index contributed by atoms with van der Waals surface area (Å²) in [6.45, 7) is -2.41. The summed E-state index contributed by atoms with van der Waals surface area (Å²) < 4.78 is 33.1. The molecular weight excluding hydrogens is 418 g/mol. The van der Waals surface area contributed by atoms with Crippen LogP contribution in [0, 0.1) is 0 Å². The Morgan fingerprint density at radius 2 is 1.38 bits per heavy atom. The maximum Gasteiger partial charge on any atom is 1.00 e. The monoisotopic (exact) mass is 429 g/mol. The molecule has 24 heavy (non-hydrogen) atoms. The van der Waals surface area contributed by atoms with Gasteiger partial charge in [-0.1, -0.05) is 0 Å². The molecule has 120 valence electrons. The molecule has 1 fully saturated rings. The standard InChI is InChI=1S/C6H11O12P2.4Na/c7-4-3(1-16-19(10,11)12)18-6(9,5(4)8)2-17-20(13,14)15;;;;/h3-5H,1-2H2,(H2,10,11,12)(H2,13,14,15);;;;/q-3;4*+1/t3-,4-,5+,6-;;;;/m1..../s1. The first-order chi connectivity index (χ1) is 8.84. The normalized spacial score (nSPS) is 29.5. The van der Waals surface area contributed by atoms with E-state index in [0.29, 0.717) is 0 Å². The third-order valence-electron chi connectivity index (χ3n) is 2.29. The topological polar surface area (TPSA) is 212 Å². The van der Waals surface area contributed by atoms with Crippen molar-refractivity contribution in [1.82, 2.24) is 0 Å². The largest absolute Gasteiger partial charge is 1.00 e. The molecule has 1 saturated heterocycles. The fourth-order valence-electron chi connectivity index (χ4n) is 1.43. The van der Waals surface area contributed by atoms with Gasteiger partial charge >= 0.3 is 134 Å². The van der Waals surface area contributed by atoms with E-state index in [9.17, 15) is 24.4 Å². The Kier molecular flexibility index (Phi) is 20.9. The van der Waals surface area contributed by atoms with Crippen molar-refractivity contribution in [2.24, 2.45) is 0 Å². The number of rotatable bonds is 6. The molecule has 12 nitrogen and oxygen atoms in total. The maximum atomic E-state index is 11.8. The number of hydrogen-bond donors (Lipinski definition) is 4. The number of hydrogen-bond acceptors (Lipinski definition) is 8. The Bertz CT molecular complexity index is 443. The summed E-state index contributed by atoms with van der Waals surface area (Å²) in [7, 11) is -9.97. The van der Waals surface area contributed by atoms with Gasteiger partial charge in [-0.2, -0.15) is 0 Å². The van der Waals surface area contributed by atoms with Crippen LogP contribution >= 0.6 is 15.6 Å². The van der Waals surface area contributed by atoms with Crippen LogP contribution in [0.5, 0.6) is 0 Å². The van der Waals surface area contributed by atoms with Gasteiger partial charge in [-0.25, -0.2) is 9.13 Å². The van der Waals surface area contributed by atoms with Crippen molar-refractivity contribution in [3.05, 3.63) is 0 Å². The van der Waals surface area contributed by atoms with Gasteiger partial charge in [0, 0.05) is 5.79 Å². The Morgan fingerprint density at radius 3 is 1.75 bits per heavy atom. The molecular formula is C6H11Na4O12P2+. The Hall–Kier alpha value is 4.06. The van der Waals surface area contributed by atoms with Crippen molar-refractivity contribution in [1.29, 1.82) is 0 Å². The minimum Gasteiger partial charge on any atom is -0.852 e. The summed E-state index contributed by atoms with van der Waals surface area (Å²) >= 11 is 0. The Labute approximate surface area is 225 Å². The van der Waals surface area contributed by atoms with E-state index in [-0.39, 0.29) is 118 Å². The molecule has 1 aliphatic rings. The van der Waals surface area contributed by atoms with E-state index in [2.05, 4.69) is 13.8 Å².